The van der Waals surface area contributed by atoms with Crippen molar-refractivity contribution in [3.8, 4) is 0 Å². The van der Waals surface area contributed by atoms with Crippen LogP contribution in [0.2, 0.25) is 0 Å². The van der Waals surface area contributed by atoms with E-state index >= 15 is 0 Å². The summed E-state index contributed by atoms with van der Waals surface area (Å²) in [4.78, 5) is 6.70. The lowest BCUT2D eigenvalue weighted by molar-refractivity contribution is 0.0903. The second kappa shape index (κ2) is 6.30. The third kappa shape index (κ3) is 2.90. The SMILES string of the molecule is CCCN(Cc1ccncc1)C1(CN)CCCC1. The quantitative estimate of drug-likeness (QED) is 0.840. The van der Waals surface area contributed by atoms with Crippen molar-refractivity contribution in [2.24, 2.45) is 5.73 Å². The van der Waals surface area contributed by atoms with Crippen molar-refractivity contribution in [3.05, 3.63) is 30.1 Å². The van der Waals surface area contributed by atoms with Gasteiger partial charge in [0.05, 0.1) is 0 Å². The molecule has 0 spiro atoms. The molecule has 1 aliphatic rings. The fourth-order valence-corrected chi connectivity index (χ4v) is 3.14. The van der Waals surface area contributed by atoms with Crippen LogP contribution >= 0.6 is 0 Å². The summed E-state index contributed by atoms with van der Waals surface area (Å²) in [5.74, 6) is 0. The Hall–Kier alpha value is -0.930. The van der Waals surface area contributed by atoms with E-state index in [0.717, 1.165) is 19.6 Å². The second-order valence-electron chi connectivity index (χ2n) is 5.41. The maximum atomic E-state index is 6.10. The monoisotopic (exact) mass is 247 g/mol. The molecule has 18 heavy (non-hydrogen) atoms. The van der Waals surface area contributed by atoms with Gasteiger partial charge in [0.1, 0.15) is 0 Å². The van der Waals surface area contributed by atoms with E-state index in [9.17, 15) is 0 Å². The van der Waals surface area contributed by atoms with E-state index in [1.165, 1.54) is 37.7 Å². The first-order chi connectivity index (χ1) is 8.80. The van der Waals surface area contributed by atoms with E-state index in [2.05, 4.69) is 28.9 Å². The molecule has 2 rings (SSSR count). The third-order valence-electron chi connectivity index (χ3n) is 4.20. The van der Waals surface area contributed by atoms with Crippen LogP contribution in [0.4, 0.5) is 0 Å². The Morgan fingerprint density at radius 3 is 2.50 bits per heavy atom. The third-order valence-corrected chi connectivity index (χ3v) is 4.20. The Morgan fingerprint density at radius 2 is 1.94 bits per heavy atom. The van der Waals surface area contributed by atoms with Gasteiger partial charge in [-0.05, 0) is 43.5 Å². The molecule has 1 saturated carbocycles. The highest BCUT2D eigenvalue weighted by atomic mass is 15.2. The molecule has 3 nitrogen and oxygen atoms in total. The number of rotatable bonds is 6. The van der Waals surface area contributed by atoms with Crippen LogP contribution in [-0.2, 0) is 6.54 Å². The lowest BCUT2D eigenvalue weighted by atomic mass is 9.94. The largest absolute Gasteiger partial charge is 0.329 e. The van der Waals surface area contributed by atoms with E-state index in [-0.39, 0.29) is 5.54 Å². The predicted molar refractivity (Wildman–Crippen MR) is 75.2 cm³/mol. The molecular formula is C15H25N3. The minimum Gasteiger partial charge on any atom is -0.329 e. The molecule has 100 valence electrons. The maximum Gasteiger partial charge on any atom is 0.0335 e. The van der Waals surface area contributed by atoms with E-state index < -0.39 is 0 Å². The lowest BCUT2D eigenvalue weighted by Crippen LogP contribution is -2.51. The van der Waals surface area contributed by atoms with Gasteiger partial charge in [0.15, 0.2) is 0 Å². The zero-order valence-corrected chi connectivity index (χ0v) is 11.4. The molecule has 1 aromatic rings. The van der Waals surface area contributed by atoms with Gasteiger partial charge < -0.3 is 5.73 Å². The minimum atomic E-state index is 0.249. The Labute approximate surface area is 110 Å². The van der Waals surface area contributed by atoms with Crippen molar-refractivity contribution in [3.63, 3.8) is 0 Å². The zero-order valence-electron chi connectivity index (χ0n) is 11.4. The first-order valence-corrected chi connectivity index (χ1v) is 7.15. The first kappa shape index (κ1) is 13.5. The average molecular weight is 247 g/mol. The molecule has 1 fully saturated rings. The van der Waals surface area contributed by atoms with Crippen LogP contribution in [0.3, 0.4) is 0 Å². The summed E-state index contributed by atoms with van der Waals surface area (Å²) in [7, 11) is 0. The maximum absolute atomic E-state index is 6.10. The molecule has 0 aliphatic heterocycles. The normalized spacial score (nSPS) is 18.4. The van der Waals surface area contributed by atoms with Crippen molar-refractivity contribution in [1.29, 1.82) is 0 Å². The highest BCUT2D eigenvalue weighted by Gasteiger charge is 2.37. The highest BCUT2D eigenvalue weighted by Crippen LogP contribution is 2.35. The predicted octanol–water partition coefficient (Wildman–Crippen LogP) is 2.57. The number of nitrogens with zero attached hydrogens (tertiary/aromatic N) is 2. The topological polar surface area (TPSA) is 42.2 Å². The van der Waals surface area contributed by atoms with E-state index in [0.29, 0.717) is 0 Å². The number of aromatic nitrogens is 1. The summed E-state index contributed by atoms with van der Waals surface area (Å²) in [5.41, 5.74) is 7.69. The fourth-order valence-electron chi connectivity index (χ4n) is 3.14. The molecule has 0 atom stereocenters. The summed E-state index contributed by atoms with van der Waals surface area (Å²) in [6.07, 6.45) is 10.1. The van der Waals surface area contributed by atoms with Gasteiger partial charge in [0.2, 0.25) is 0 Å². The Balaban J connectivity index is 2.12. The number of hydrogen-bond donors (Lipinski definition) is 1. The lowest BCUT2D eigenvalue weighted by Gasteiger charge is -2.40. The molecule has 3 heteroatoms. The molecule has 0 bridgehead atoms. The number of hydrogen-bond acceptors (Lipinski definition) is 3. The van der Waals surface area contributed by atoms with Crippen LogP contribution in [0, 0.1) is 0 Å². The molecule has 0 amide bonds. The second-order valence-corrected chi connectivity index (χ2v) is 5.41. The van der Waals surface area contributed by atoms with Gasteiger partial charge in [0, 0.05) is 31.0 Å². The van der Waals surface area contributed by atoms with Gasteiger partial charge in [-0.3, -0.25) is 9.88 Å². The van der Waals surface area contributed by atoms with Crippen molar-refractivity contribution < 1.29 is 0 Å². The van der Waals surface area contributed by atoms with Gasteiger partial charge in [-0.25, -0.2) is 0 Å². The highest BCUT2D eigenvalue weighted by molar-refractivity contribution is 5.11. The molecule has 1 aliphatic carbocycles. The minimum absolute atomic E-state index is 0.249. The summed E-state index contributed by atoms with van der Waals surface area (Å²) in [5, 5.41) is 0. The van der Waals surface area contributed by atoms with Gasteiger partial charge in [-0.2, -0.15) is 0 Å². The Kier molecular flexibility index (Phi) is 4.72. The standard InChI is InChI=1S/C15H25N3/c1-2-11-18(12-14-5-9-17-10-6-14)15(13-16)7-3-4-8-15/h5-6,9-10H,2-4,7-8,11-13,16H2,1H3. The number of pyridine rings is 1. The van der Waals surface area contributed by atoms with Gasteiger partial charge in [-0.15, -0.1) is 0 Å². The zero-order chi connectivity index (χ0) is 12.8. The van der Waals surface area contributed by atoms with Crippen molar-refractivity contribution in [2.45, 2.75) is 51.1 Å². The van der Waals surface area contributed by atoms with Gasteiger partial charge in [0.25, 0.3) is 0 Å². The van der Waals surface area contributed by atoms with Crippen LogP contribution < -0.4 is 5.73 Å². The van der Waals surface area contributed by atoms with Crippen molar-refractivity contribution in [2.75, 3.05) is 13.1 Å². The molecule has 2 N–H and O–H groups in total. The van der Waals surface area contributed by atoms with Crippen LogP contribution in [0.1, 0.15) is 44.6 Å². The summed E-state index contributed by atoms with van der Waals surface area (Å²) in [6.45, 7) is 5.18. The Morgan fingerprint density at radius 1 is 1.28 bits per heavy atom. The smallest absolute Gasteiger partial charge is 0.0335 e. The van der Waals surface area contributed by atoms with E-state index in [1.807, 2.05) is 12.4 Å². The summed E-state index contributed by atoms with van der Waals surface area (Å²) < 4.78 is 0. The fraction of sp³-hybridized carbons (Fsp3) is 0.667. The molecule has 0 aromatic carbocycles. The average Bonchev–Trinajstić information content (AvgIpc) is 2.89. The Bertz CT molecular complexity index is 344. The molecule has 1 heterocycles. The van der Waals surface area contributed by atoms with Gasteiger partial charge >= 0.3 is 0 Å². The van der Waals surface area contributed by atoms with Crippen LogP contribution in [0.25, 0.3) is 0 Å². The molecule has 0 radical (unpaired) electrons. The summed E-state index contributed by atoms with van der Waals surface area (Å²) >= 11 is 0. The van der Waals surface area contributed by atoms with Crippen molar-refractivity contribution >= 4 is 0 Å². The van der Waals surface area contributed by atoms with Crippen LogP contribution in [0.5, 0.6) is 0 Å². The van der Waals surface area contributed by atoms with Crippen LogP contribution in [-0.4, -0.2) is 28.5 Å². The van der Waals surface area contributed by atoms with Gasteiger partial charge in [-0.1, -0.05) is 19.8 Å². The molecule has 0 unspecified atom stereocenters. The number of nitrogens with two attached hydrogens (primary N) is 1. The van der Waals surface area contributed by atoms with Crippen molar-refractivity contribution in [1.82, 2.24) is 9.88 Å². The summed E-state index contributed by atoms with van der Waals surface area (Å²) in [6, 6.07) is 4.23. The molecule has 1 aromatic heterocycles. The van der Waals surface area contributed by atoms with Crippen LogP contribution in [0.15, 0.2) is 24.5 Å². The first-order valence-electron chi connectivity index (χ1n) is 7.15. The molecule has 0 saturated heterocycles. The molecular weight excluding hydrogens is 222 g/mol. The van der Waals surface area contributed by atoms with E-state index in [4.69, 9.17) is 5.73 Å². The van der Waals surface area contributed by atoms with E-state index in [1.54, 1.807) is 0 Å².